The number of aliphatic hydroxyl groups is 1. The average Bonchev–Trinajstić information content (AvgIpc) is 2.68. The van der Waals surface area contributed by atoms with Crippen molar-refractivity contribution in [1.29, 1.82) is 0 Å². The average molecular weight is 357 g/mol. The molecule has 0 aromatic carbocycles. The first kappa shape index (κ1) is 17.0. The van der Waals surface area contributed by atoms with Crippen molar-refractivity contribution in [2.24, 2.45) is 0 Å². The van der Waals surface area contributed by atoms with E-state index < -0.39 is 25.2 Å². The molecule has 0 saturated carbocycles. The normalized spacial score (nSPS) is 12.0. The first-order valence-corrected chi connectivity index (χ1v) is 6.79. The van der Waals surface area contributed by atoms with Crippen LogP contribution in [0.15, 0.2) is 16.7 Å². The van der Waals surface area contributed by atoms with Crippen LogP contribution in [0.25, 0.3) is 0 Å². The van der Waals surface area contributed by atoms with E-state index in [-0.39, 0.29) is 18.3 Å². The molecule has 0 atom stereocenters. The molecule has 0 unspecified atom stereocenters. The summed E-state index contributed by atoms with van der Waals surface area (Å²) in [5.41, 5.74) is 0.157. The van der Waals surface area contributed by atoms with Gasteiger partial charge in [-0.1, -0.05) is 0 Å². The van der Waals surface area contributed by atoms with Gasteiger partial charge < -0.3 is 14.6 Å². The van der Waals surface area contributed by atoms with E-state index in [1.54, 1.807) is 10.8 Å². The van der Waals surface area contributed by atoms with Crippen molar-refractivity contribution in [3.63, 3.8) is 0 Å². The Balaban J connectivity index is 3.06. The number of alkyl halides is 3. The highest BCUT2D eigenvalue weighted by atomic mass is 79.9. The van der Waals surface area contributed by atoms with E-state index in [9.17, 15) is 18.0 Å². The Hall–Kier alpha value is -1.02. The number of aromatic nitrogens is 1. The predicted molar refractivity (Wildman–Crippen MR) is 71.6 cm³/mol. The smallest absolute Gasteiger partial charge is 0.395 e. The number of rotatable bonds is 5. The van der Waals surface area contributed by atoms with Crippen LogP contribution in [-0.2, 0) is 0 Å². The van der Waals surface area contributed by atoms with Crippen LogP contribution in [0.3, 0.4) is 0 Å². The third-order valence-corrected chi connectivity index (χ3v) is 3.05. The fourth-order valence-electron chi connectivity index (χ4n) is 1.80. The lowest BCUT2D eigenvalue weighted by atomic mass is 10.3. The molecule has 1 N–H and O–H groups in total. The number of aliphatic hydroxyl groups excluding tert-OH is 1. The molecular weight excluding hydrogens is 341 g/mol. The van der Waals surface area contributed by atoms with Crippen LogP contribution in [0.2, 0.25) is 0 Å². The molecule has 4 nitrogen and oxygen atoms in total. The van der Waals surface area contributed by atoms with Gasteiger partial charge in [0.05, 0.1) is 6.61 Å². The SMILES string of the molecule is CC(C)n1cc(Br)cc1C(=O)N(CCO)CC(F)(F)F. The van der Waals surface area contributed by atoms with Crippen molar-refractivity contribution in [2.75, 3.05) is 19.7 Å². The van der Waals surface area contributed by atoms with E-state index in [1.165, 1.54) is 6.07 Å². The van der Waals surface area contributed by atoms with Gasteiger partial charge in [-0.05, 0) is 35.8 Å². The molecule has 20 heavy (non-hydrogen) atoms. The van der Waals surface area contributed by atoms with Gasteiger partial charge in [0.2, 0.25) is 0 Å². The minimum atomic E-state index is -4.50. The molecule has 0 saturated heterocycles. The maximum Gasteiger partial charge on any atom is 0.406 e. The lowest BCUT2D eigenvalue weighted by molar-refractivity contribution is -0.141. The number of nitrogens with zero attached hydrogens (tertiary/aromatic N) is 2. The van der Waals surface area contributed by atoms with E-state index in [0.717, 1.165) is 0 Å². The van der Waals surface area contributed by atoms with E-state index in [2.05, 4.69) is 15.9 Å². The van der Waals surface area contributed by atoms with Gasteiger partial charge in [0.25, 0.3) is 5.91 Å². The highest BCUT2D eigenvalue weighted by Gasteiger charge is 2.34. The lowest BCUT2D eigenvalue weighted by Crippen LogP contribution is -2.41. The van der Waals surface area contributed by atoms with Gasteiger partial charge in [0, 0.05) is 23.3 Å². The lowest BCUT2D eigenvalue weighted by Gasteiger charge is -2.24. The number of carbonyl (C=O) groups excluding carboxylic acids is 1. The second-order valence-corrected chi connectivity index (χ2v) is 5.53. The Morgan fingerprint density at radius 3 is 2.55 bits per heavy atom. The number of amides is 1. The molecule has 0 bridgehead atoms. The van der Waals surface area contributed by atoms with Crippen LogP contribution in [0.1, 0.15) is 30.4 Å². The van der Waals surface area contributed by atoms with E-state index in [1.807, 2.05) is 13.8 Å². The van der Waals surface area contributed by atoms with E-state index in [4.69, 9.17) is 5.11 Å². The molecule has 0 fully saturated rings. The molecular formula is C12H16BrF3N2O2. The molecule has 8 heteroatoms. The van der Waals surface area contributed by atoms with Gasteiger partial charge >= 0.3 is 6.18 Å². The number of carbonyl (C=O) groups is 1. The largest absolute Gasteiger partial charge is 0.406 e. The zero-order valence-corrected chi connectivity index (χ0v) is 12.7. The molecule has 0 aliphatic rings. The summed E-state index contributed by atoms with van der Waals surface area (Å²) in [5.74, 6) is -0.754. The Morgan fingerprint density at radius 2 is 2.10 bits per heavy atom. The molecule has 0 aliphatic heterocycles. The zero-order chi connectivity index (χ0) is 15.5. The zero-order valence-electron chi connectivity index (χ0n) is 11.1. The Kier molecular flexibility index (Phi) is 5.64. The summed E-state index contributed by atoms with van der Waals surface area (Å²) >= 11 is 3.21. The van der Waals surface area contributed by atoms with Gasteiger partial charge in [-0.15, -0.1) is 0 Å². The summed E-state index contributed by atoms with van der Waals surface area (Å²) in [5, 5.41) is 8.84. The summed E-state index contributed by atoms with van der Waals surface area (Å²) in [7, 11) is 0. The first-order chi connectivity index (χ1) is 9.15. The topological polar surface area (TPSA) is 45.5 Å². The van der Waals surface area contributed by atoms with Gasteiger partial charge in [-0.25, -0.2) is 0 Å². The van der Waals surface area contributed by atoms with Crippen molar-refractivity contribution in [3.8, 4) is 0 Å². The maximum absolute atomic E-state index is 12.5. The highest BCUT2D eigenvalue weighted by molar-refractivity contribution is 9.10. The predicted octanol–water partition coefficient (Wildman–Crippen LogP) is 2.83. The second kappa shape index (κ2) is 6.62. The molecule has 114 valence electrons. The van der Waals surface area contributed by atoms with Crippen LogP contribution < -0.4 is 0 Å². The second-order valence-electron chi connectivity index (χ2n) is 4.61. The van der Waals surface area contributed by atoms with Crippen molar-refractivity contribution in [2.45, 2.75) is 26.1 Å². The monoisotopic (exact) mass is 356 g/mol. The quantitative estimate of drug-likeness (QED) is 0.881. The fraction of sp³-hybridized carbons (Fsp3) is 0.583. The first-order valence-electron chi connectivity index (χ1n) is 6.00. The molecule has 1 aromatic rings. The molecule has 0 aliphatic carbocycles. The summed E-state index contributed by atoms with van der Waals surface area (Å²) in [6.07, 6.45) is -2.86. The summed E-state index contributed by atoms with van der Waals surface area (Å²) in [6, 6.07) is 1.41. The third kappa shape index (κ3) is 4.52. The van der Waals surface area contributed by atoms with Gasteiger partial charge in [0.15, 0.2) is 0 Å². The van der Waals surface area contributed by atoms with Gasteiger partial charge in [-0.2, -0.15) is 13.2 Å². The van der Waals surface area contributed by atoms with Gasteiger partial charge in [-0.3, -0.25) is 4.79 Å². The Morgan fingerprint density at radius 1 is 1.50 bits per heavy atom. The van der Waals surface area contributed by atoms with Crippen molar-refractivity contribution in [3.05, 3.63) is 22.4 Å². The standard InChI is InChI=1S/C12H16BrF3N2O2/c1-8(2)18-6-9(13)5-10(18)11(20)17(3-4-19)7-12(14,15)16/h5-6,8,19H,3-4,7H2,1-2H3. The van der Waals surface area contributed by atoms with Crippen LogP contribution in [0, 0.1) is 0 Å². The number of hydrogen-bond donors (Lipinski definition) is 1. The Bertz CT molecular complexity index is 472. The van der Waals surface area contributed by atoms with E-state index in [0.29, 0.717) is 9.37 Å². The fourth-order valence-corrected chi connectivity index (χ4v) is 2.23. The minimum Gasteiger partial charge on any atom is -0.395 e. The van der Waals surface area contributed by atoms with Crippen LogP contribution >= 0.6 is 15.9 Å². The molecule has 0 radical (unpaired) electrons. The van der Waals surface area contributed by atoms with Crippen molar-refractivity contribution >= 4 is 21.8 Å². The van der Waals surface area contributed by atoms with Crippen LogP contribution in [-0.4, -0.2) is 46.4 Å². The van der Waals surface area contributed by atoms with Gasteiger partial charge in [0.1, 0.15) is 12.2 Å². The summed E-state index contributed by atoms with van der Waals surface area (Å²) < 4.78 is 39.6. The van der Waals surface area contributed by atoms with Crippen LogP contribution in [0.4, 0.5) is 13.2 Å². The Labute approximate surface area is 123 Å². The highest BCUT2D eigenvalue weighted by Crippen LogP contribution is 2.23. The third-order valence-electron chi connectivity index (χ3n) is 2.62. The number of halogens is 4. The maximum atomic E-state index is 12.5. The van der Waals surface area contributed by atoms with Crippen molar-refractivity contribution < 1.29 is 23.1 Å². The molecule has 1 aromatic heterocycles. The molecule has 0 spiro atoms. The number of hydrogen-bond acceptors (Lipinski definition) is 2. The van der Waals surface area contributed by atoms with Crippen molar-refractivity contribution in [1.82, 2.24) is 9.47 Å². The summed E-state index contributed by atoms with van der Waals surface area (Å²) in [6.45, 7) is 1.38. The molecule has 1 amide bonds. The summed E-state index contributed by atoms with van der Waals surface area (Å²) in [4.78, 5) is 12.8. The molecule has 1 heterocycles. The molecule has 1 rings (SSSR count). The van der Waals surface area contributed by atoms with E-state index >= 15 is 0 Å². The van der Waals surface area contributed by atoms with Crippen LogP contribution in [0.5, 0.6) is 0 Å². The minimum absolute atomic E-state index is 0.0675.